The van der Waals surface area contributed by atoms with Gasteiger partial charge in [-0.05, 0) is 86.8 Å². The van der Waals surface area contributed by atoms with Gasteiger partial charge in [-0.25, -0.2) is 0 Å². The van der Waals surface area contributed by atoms with E-state index in [1.165, 1.54) is 24.3 Å². The fourth-order valence-electron chi connectivity index (χ4n) is 3.81. The highest BCUT2D eigenvalue weighted by molar-refractivity contribution is 7.80. The van der Waals surface area contributed by atoms with E-state index in [1.54, 1.807) is 0 Å². The molecule has 0 aliphatic carbocycles. The lowest BCUT2D eigenvalue weighted by atomic mass is 10.2. The van der Waals surface area contributed by atoms with Gasteiger partial charge in [0.15, 0.2) is 10.2 Å². The molecular formula is C24H27F6N5S2. The highest BCUT2D eigenvalue weighted by Crippen LogP contribution is 2.31. The zero-order valence-electron chi connectivity index (χ0n) is 19.8. The van der Waals surface area contributed by atoms with E-state index in [0.717, 1.165) is 56.7 Å². The number of thiocarbonyl (C=S) groups is 2. The molecule has 5 nitrogen and oxygen atoms in total. The van der Waals surface area contributed by atoms with Crippen LogP contribution in [0.4, 0.5) is 37.7 Å². The van der Waals surface area contributed by atoms with Crippen molar-refractivity contribution in [3.8, 4) is 0 Å². The van der Waals surface area contributed by atoms with E-state index in [1.807, 2.05) is 4.90 Å². The van der Waals surface area contributed by atoms with Gasteiger partial charge in [-0.15, -0.1) is 0 Å². The Bertz CT molecular complexity index is 1070. The normalized spacial score (nSPS) is 14.3. The third-order valence-electron chi connectivity index (χ3n) is 5.73. The molecule has 0 atom stereocenters. The highest BCUT2D eigenvalue weighted by Gasteiger charge is 2.31. The topological polar surface area (TPSA) is 42.6 Å². The van der Waals surface area contributed by atoms with Gasteiger partial charge in [0, 0.05) is 37.6 Å². The summed E-state index contributed by atoms with van der Waals surface area (Å²) < 4.78 is 78.0. The van der Waals surface area contributed by atoms with Gasteiger partial charge in [-0.1, -0.05) is 12.1 Å². The van der Waals surface area contributed by atoms with Gasteiger partial charge in [0.1, 0.15) is 0 Å². The largest absolute Gasteiger partial charge is 0.416 e. The Kier molecular flexibility index (Phi) is 9.96. The molecule has 0 amide bonds. The first kappa shape index (κ1) is 28.9. The molecule has 2 aromatic carbocycles. The van der Waals surface area contributed by atoms with Crippen molar-refractivity contribution in [1.82, 2.24) is 15.1 Å². The standard InChI is InChI=1S/C24H27F6N5S2/c25-23(26,27)17-5-3-7-19(15-17)32-21(36)31-9-12-35(14-13-34-10-1-2-11-34)22(37)33-20-8-4-6-18(16-20)24(28,29)30/h3-8,15-16H,1-2,9-14H2,(H,33,37)(H2,31,32,36). The number of benzene rings is 2. The Morgan fingerprint density at radius 3 is 1.89 bits per heavy atom. The molecule has 0 saturated carbocycles. The maximum atomic E-state index is 13.1. The van der Waals surface area contributed by atoms with Crippen LogP contribution in [-0.2, 0) is 12.4 Å². The van der Waals surface area contributed by atoms with E-state index in [0.29, 0.717) is 19.6 Å². The van der Waals surface area contributed by atoms with Crippen molar-refractivity contribution < 1.29 is 26.3 Å². The van der Waals surface area contributed by atoms with Crippen LogP contribution in [0.3, 0.4) is 0 Å². The van der Waals surface area contributed by atoms with Crippen LogP contribution in [0.5, 0.6) is 0 Å². The lowest BCUT2D eigenvalue weighted by Gasteiger charge is -2.28. The Labute approximate surface area is 222 Å². The highest BCUT2D eigenvalue weighted by atomic mass is 32.1. The fraction of sp³-hybridized carbons (Fsp3) is 0.417. The third kappa shape index (κ3) is 9.31. The van der Waals surface area contributed by atoms with Gasteiger partial charge in [0.05, 0.1) is 11.1 Å². The molecule has 0 bridgehead atoms. The number of hydrogen-bond donors (Lipinski definition) is 3. The summed E-state index contributed by atoms with van der Waals surface area (Å²) in [7, 11) is 0. The lowest BCUT2D eigenvalue weighted by molar-refractivity contribution is -0.138. The predicted octanol–water partition coefficient (Wildman–Crippen LogP) is 5.81. The summed E-state index contributed by atoms with van der Waals surface area (Å²) in [5.74, 6) is 0. The summed E-state index contributed by atoms with van der Waals surface area (Å²) in [6.07, 6.45) is -6.71. The number of hydrogen-bond acceptors (Lipinski definition) is 3. The first-order chi connectivity index (χ1) is 17.4. The summed E-state index contributed by atoms with van der Waals surface area (Å²) >= 11 is 10.7. The maximum absolute atomic E-state index is 13.1. The number of halogens is 6. The third-order valence-corrected chi connectivity index (χ3v) is 6.33. The molecule has 202 valence electrons. The number of nitrogens with one attached hydrogen (secondary N) is 3. The minimum Gasteiger partial charge on any atom is -0.361 e. The van der Waals surface area contributed by atoms with Crippen LogP contribution in [0.2, 0.25) is 0 Å². The van der Waals surface area contributed by atoms with Crippen LogP contribution in [0.25, 0.3) is 0 Å². The van der Waals surface area contributed by atoms with Crippen molar-refractivity contribution in [2.24, 2.45) is 0 Å². The zero-order valence-corrected chi connectivity index (χ0v) is 21.4. The first-order valence-corrected chi connectivity index (χ1v) is 12.4. The van der Waals surface area contributed by atoms with Gasteiger partial charge in [-0.3, -0.25) is 0 Å². The molecule has 1 fully saturated rings. The van der Waals surface area contributed by atoms with E-state index in [9.17, 15) is 26.3 Å². The molecular weight excluding hydrogens is 536 g/mol. The number of alkyl halides is 6. The van der Waals surface area contributed by atoms with Crippen LogP contribution < -0.4 is 16.0 Å². The summed E-state index contributed by atoms with van der Waals surface area (Å²) in [5.41, 5.74) is -1.16. The molecule has 2 aromatic rings. The fourth-order valence-corrected chi connectivity index (χ4v) is 4.33. The quantitative estimate of drug-likeness (QED) is 0.277. The van der Waals surface area contributed by atoms with Crippen LogP contribution in [0.1, 0.15) is 24.0 Å². The van der Waals surface area contributed by atoms with Crippen LogP contribution >= 0.6 is 24.4 Å². The Morgan fingerprint density at radius 2 is 1.35 bits per heavy atom. The number of anilines is 2. The van der Waals surface area contributed by atoms with Crippen molar-refractivity contribution in [3.63, 3.8) is 0 Å². The minimum atomic E-state index is -4.47. The molecule has 0 aromatic heterocycles. The summed E-state index contributed by atoms with van der Waals surface area (Å²) in [6, 6.07) is 9.49. The Morgan fingerprint density at radius 1 is 0.811 bits per heavy atom. The second kappa shape index (κ2) is 12.7. The summed E-state index contributed by atoms with van der Waals surface area (Å²) in [4.78, 5) is 4.11. The van der Waals surface area contributed by atoms with Crippen molar-refractivity contribution in [2.75, 3.05) is 49.9 Å². The molecule has 3 N–H and O–H groups in total. The van der Waals surface area contributed by atoms with E-state index < -0.39 is 23.5 Å². The minimum absolute atomic E-state index is 0.135. The molecule has 13 heteroatoms. The molecule has 37 heavy (non-hydrogen) atoms. The molecule has 0 unspecified atom stereocenters. The molecule has 1 aliphatic heterocycles. The molecule has 1 aliphatic rings. The number of likely N-dealkylation sites (tertiary alicyclic amines) is 1. The van der Waals surface area contributed by atoms with E-state index in [4.69, 9.17) is 24.4 Å². The molecule has 1 heterocycles. The van der Waals surface area contributed by atoms with Crippen molar-refractivity contribution in [1.29, 1.82) is 0 Å². The van der Waals surface area contributed by atoms with E-state index in [2.05, 4.69) is 20.9 Å². The predicted molar refractivity (Wildman–Crippen MR) is 141 cm³/mol. The van der Waals surface area contributed by atoms with Gasteiger partial charge in [0.2, 0.25) is 0 Å². The summed E-state index contributed by atoms with van der Waals surface area (Å²) in [5, 5.41) is 8.96. The average Bonchev–Trinajstić information content (AvgIpc) is 3.34. The Balaban J connectivity index is 1.58. The second-order valence-electron chi connectivity index (χ2n) is 8.50. The lowest BCUT2D eigenvalue weighted by Crippen LogP contribution is -2.44. The van der Waals surface area contributed by atoms with Crippen molar-refractivity contribution >= 4 is 46.0 Å². The number of nitrogens with zero attached hydrogens (tertiary/aromatic N) is 2. The van der Waals surface area contributed by atoms with Crippen molar-refractivity contribution in [3.05, 3.63) is 59.7 Å². The monoisotopic (exact) mass is 563 g/mol. The molecule has 1 saturated heterocycles. The molecule has 0 radical (unpaired) electrons. The van der Waals surface area contributed by atoms with Crippen LogP contribution in [0.15, 0.2) is 48.5 Å². The van der Waals surface area contributed by atoms with Gasteiger partial charge in [-0.2, -0.15) is 26.3 Å². The first-order valence-electron chi connectivity index (χ1n) is 11.6. The van der Waals surface area contributed by atoms with Crippen molar-refractivity contribution in [2.45, 2.75) is 25.2 Å². The molecule has 3 rings (SSSR count). The average molecular weight is 564 g/mol. The van der Waals surface area contributed by atoms with E-state index in [-0.39, 0.29) is 21.6 Å². The van der Waals surface area contributed by atoms with E-state index >= 15 is 0 Å². The van der Waals surface area contributed by atoms with Gasteiger partial charge in [0.25, 0.3) is 0 Å². The Hall–Kier alpha value is -2.64. The van der Waals surface area contributed by atoms with Crippen LogP contribution in [-0.4, -0.2) is 59.3 Å². The maximum Gasteiger partial charge on any atom is 0.416 e. The number of rotatable bonds is 8. The second-order valence-corrected chi connectivity index (χ2v) is 9.30. The van der Waals surface area contributed by atoms with Crippen LogP contribution in [0, 0.1) is 0 Å². The van der Waals surface area contributed by atoms with Gasteiger partial charge >= 0.3 is 12.4 Å². The smallest absolute Gasteiger partial charge is 0.361 e. The SMILES string of the molecule is FC(F)(F)c1cccc(NC(=S)NCCN(CCN2CCCC2)C(=S)Nc2cccc(C(F)(F)F)c2)c1. The van der Waals surface area contributed by atoms with Gasteiger partial charge < -0.3 is 25.8 Å². The summed E-state index contributed by atoms with van der Waals surface area (Å²) in [6.45, 7) is 3.89. The zero-order chi connectivity index (χ0) is 27.1. The molecule has 0 spiro atoms.